The minimum absolute atomic E-state index is 0. The van der Waals surface area contributed by atoms with Gasteiger partial charge in [-0.15, -0.1) is 24.8 Å². The Labute approximate surface area is 151 Å². The Hall–Kier alpha value is -1.26. The van der Waals surface area contributed by atoms with Gasteiger partial charge in [-0.25, -0.2) is 0 Å². The number of methoxy groups -OCH3 is 1. The molecule has 3 N–H and O–H groups in total. The van der Waals surface area contributed by atoms with Crippen molar-refractivity contribution < 1.29 is 4.74 Å². The fourth-order valence-corrected chi connectivity index (χ4v) is 2.39. The van der Waals surface area contributed by atoms with Gasteiger partial charge in [0.05, 0.1) is 7.11 Å². The van der Waals surface area contributed by atoms with Gasteiger partial charge >= 0.3 is 0 Å². The van der Waals surface area contributed by atoms with E-state index in [1.54, 1.807) is 7.11 Å². The zero-order valence-electron chi connectivity index (χ0n) is 13.7. The van der Waals surface area contributed by atoms with Crippen LogP contribution in [0.1, 0.15) is 18.1 Å². The van der Waals surface area contributed by atoms with Gasteiger partial charge in [-0.1, -0.05) is 37.3 Å². The van der Waals surface area contributed by atoms with E-state index in [1.165, 1.54) is 22.3 Å². The zero-order valence-corrected chi connectivity index (χ0v) is 15.3. The molecule has 0 aliphatic carbocycles. The van der Waals surface area contributed by atoms with Crippen molar-refractivity contribution in [2.45, 2.75) is 19.9 Å². The lowest BCUT2D eigenvalue weighted by molar-refractivity contribution is 0.408. The van der Waals surface area contributed by atoms with Gasteiger partial charge in [-0.2, -0.15) is 0 Å². The summed E-state index contributed by atoms with van der Waals surface area (Å²) in [6.45, 7) is 4.56. The monoisotopic (exact) mass is 356 g/mol. The van der Waals surface area contributed by atoms with Crippen LogP contribution in [0, 0.1) is 0 Å². The second-order valence-electron chi connectivity index (χ2n) is 5.04. The summed E-state index contributed by atoms with van der Waals surface area (Å²) in [7, 11) is 1.71. The highest BCUT2D eigenvalue weighted by atomic mass is 35.5. The van der Waals surface area contributed by atoms with Crippen LogP contribution < -0.4 is 15.8 Å². The van der Waals surface area contributed by atoms with Crippen LogP contribution in [0.5, 0.6) is 5.75 Å². The van der Waals surface area contributed by atoms with Crippen molar-refractivity contribution in [3.63, 3.8) is 0 Å². The van der Waals surface area contributed by atoms with E-state index in [0.29, 0.717) is 6.54 Å². The molecule has 0 aliphatic rings. The van der Waals surface area contributed by atoms with Gasteiger partial charge in [0.2, 0.25) is 0 Å². The molecule has 0 saturated carbocycles. The van der Waals surface area contributed by atoms with Gasteiger partial charge in [0.1, 0.15) is 5.75 Å². The van der Waals surface area contributed by atoms with Crippen molar-refractivity contribution in [3.8, 4) is 16.9 Å². The SMILES string of the molecule is CCNCc1cc(-c2ccc(CCN)cc2)ccc1OC.Cl.Cl. The molecule has 2 rings (SSSR count). The number of hydrogen-bond acceptors (Lipinski definition) is 3. The van der Waals surface area contributed by atoms with Crippen molar-refractivity contribution in [1.29, 1.82) is 0 Å². The van der Waals surface area contributed by atoms with E-state index in [4.69, 9.17) is 10.5 Å². The van der Waals surface area contributed by atoms with E-state index in [0.717, 1.165) is 25.3 Å². The Morgan fingerprint density at radius 1 is 1.00 bits per heavy atom. The highest BCUT2D eigenvalue weighted by Gasteiger charge is 2.06. The number of rotatable bonds is 7. The Morgan fingerprint density at radius 3 is 2.22 bits per heavy atom. The Balaban J connectivity index is 0.00000242. The first-order chi connectivity index (χ1) is 10.3. The van der Waals surface area contributed by atoms with Crippen LogP contribution >= 0.6 is 24.8 Å². The largest absolute Gasteiger partial charge is 0.496 e. The molecule has 0 saturated heterocycles. The van der Waals surface area contributed by atoms with Crippen LogP contribution in [-0.4, -0.2) is 20.2 Å². The molecule has 0 spiro atoms. The van der Waals surface area contributed by atoms with Gasteiger partial charge in [0.25, 0.3) is 0 Å². The lowest BCUT2D eigenvalue weighted by Gasteiger charge is -2.12. The third kappa shape index (κ3) is 6.04. The molecule has 3 nitrogen and oxygen atoms in total. The lowest BCUT2D eigenvalue weighted by atomic mass is 10.0. The third-order valence-electron chi connectivity index (χ3n) is 3.57. The van der Waals surface area contributed by atoms with Crippen molar-refractivity contribution in [2.75, 3.05) is 20.2 Å². The fourth-order valence-electron chi connectivity index (χ4n) is 2.39. The highest BCUT2D eigenvalue weighted by molar-refractivity contribution is 5.85. The molecule has 0 radical (unpaired) electrons. The lowest BCUT2D eigenvalue weighted by Crippen LogP contribution is -2.12. The first-order valence-corrected chi connectivity index (χ1v) is 7.45. The predicted molar refractivity (Wildman–Crippen MR) is 103 cm³/mol. The Kier molecular flexibility index (Phi) is 10.7. The van der Waals surface area contributed by atoms with E-state index < -0.39 is 0 Å². The average Bonchev–Trinajstić information content (AvgIpc) is 2.53. The van der Waals surface area contributed by atoms with Gasteiger partial charge in [0.15, 0.2) is 0 Å². The van der Waals surface area contributed by atoms with E-state index in [2.05, 4.69) is 48.6 Å². The van der Waals surface area contributed by atoms with Crippen LogP contribution in [0.25, 0.3) is 11.1 Å². The van der Waals surface area contributed by atoms with Gasteiger partial charge < -0.3 is 15.8 Å². The quantitative estimate of drug-likeness (QED) is 0.792. The molecule has 2 aromatic carbocycles. The summed E-state index contributed by atoms with van der Waals surface area (Å²) in [5, 5.41) is 3.35. The standard InChI is InChI=1S/C18H24N2O.2ClH/c1-3-20-13-17-12-16(8-9-18(17)21-2)15-6-4-14(5-7-15)10-11-19;;/h4-9,12,20H,3,10-11,13,19H2,1-2H3;2*1H. The zero-order chi connectivity index (χ0) is 15.1. The smallest absolute Gasteiger partial charge is 0.123 e. The minimum atomic E-state index is 0. The summed E-state index contributed by atoms with van der Waals surface area (Å²) in [4.78, 5) is 0. The second kappa shape index (κ2) is 11.3. The molecule has 23 heavy (non-hydrogen) atoms. The van der Waals surface area contributed by atoms with Crippen LogP contribution in [0.3, 0.4) is 0 Å². The molecule has 128 valence electrons. The van der Waals surface area contributed by atoms with Crippen LogP contribution in [-0.2, 0) is 13.0 Å². The normalized spacial score (nSPS) is 9.70. The van der Waals surface area contributed by atoms with Gasteiger partial charge in [-0.3, -0.25) is 0 Å². The van der Waals surface area contributed by atoms with Crippen LogP contribution in [0.15, 0.2) is 42.5 Å². The number of benzene rings is 2. The van der Waals surface area contributed by atoms with E-state index in [1.807, 2.05) is 6.07 Å². The number of ether oxygens (including phenoxy) is 1. The predicted octanol–water partition coefficient (Wildman–Crippen LogP) is 3.82. The molecule has 0 atom stereocenters. The molecule has 0 amide bonds. The van der Waals surface area contributed by atoms with E-state index >= 15 is 0 Å². The van der Waals surface area contributed by atoms with Crippen molar-refractivity contribution in [1.82, 2.24) is 5.32 Å². The minimum Gasteiger partial charge on any atom is -0.496 e. The number of nitrogens with two attached hydrogens (primary N) is 1. The maximum absolute atomic E-state index is 5.59. The van der Waals surface area contributed by atoms with E-state index in [9.17, 15) is 0 Å². The molecule has 0 bridgehead atoms. The number of nitrogens with one attached hydrogen (secondary N) is 1. The molecule has 0 fully saturated rings. The summed E-state index contributed by atoms with van der Waals surface area (Å²) < 4.78 is 5.43. The van der Waals surface area contributed by atoms with Gasteiger partial charge in [-0.05, 0) is 48.3 Å². The third-order valence-corrected chi connectivity index (χ3v) is 3.57. The number of hydrogen-bond donors (Lipinski definition) is 2. The molecule has 0 heterocycles. The van der Waals surface area contributed by atoms with Gasteiger partial charge in [0, 0.05) is 12.1 Å². The summed E-state index contributed by atoms with van der Waals surface area (Å²) in [6, 6.07) is 14.9. The van der Waals surface area contributed by atoms with Crippen molar-refractivity contribution >= 4 is 24.8 Å². The second-order valence-corrected chi connectivity index (χ2v) is 5.04. The Bertz CT molecular complexity index is 574. The first-order valence-electron chi connectivity index (χ1n) is 7.45. The molecule has 0 aromatic heterocycles. The summed E-state index contributed by atoms with van der Waals surface area (Å²) >= 11 is 0. The van der Waals surface area contributed by atoms with E-state index in [-0.39, 0.29) is 24.8 Å². The fraction of sp³-hybridized carbons (Fsp3) is 0.333. The van der Waals surface area contributed by atoms with Crippen LogP contribution in [0.4, 0.5) is 0 Å². The molecule has 0 aliphatic heterocycles. The topological polar surface area (TPSA) is 47.3 Å². The summed E-state index contributed by atoms with van der Waals surface area (Å²) in [6.07, 6.45) is 0.925. The molecule has 0 unspecified atom stereocenters. The first kappa shape index (κ1) is 21.7. The van der Waals surface area contributed by atoms with Crippen molar-refractivity contribution in [2.24, 2.45) is 5.73 Å². The maximum Gasteiger partial charge on any atom is 0.123 e. The van der Waals surface area contributed by atoms with Crippen molar-refractivity contribution in [3.05, 3.63) is 53.6 Å². The summed E-state index contributed by atoms with van der Waals surface area (Å²) in [5.74, 6) is 0.930. The molecule has 5 heteroatoms. The Morgan fingerprint density at radius 2 is 1.65 bits per heavy atom. The summed E-state index contributed by atoms with van der Waals surface area (Å²) in [5.41, 5.74) is 10.5. The maximum atomic E-state index is 5.59. The molecular formula is C18H26Cl2N2O. The highest BCUT2D eigenvalue weighted by Crippen LogP contribution is 2.27. The number of halogens is 2. The molecular weight excluding hydrogens is 331 g/mol. The molecule has 2 aromatic rings. The van der Waals surface area contributed by atoms with Crippen LogP contribution in [0.2, 0.25) is 0 Å². The average molecular weight is 357 g/mol.